The average Bonchev–Trinajstić information content (AvgIpc) is 3.07. The third-order valence-corrected chi connectivity index (χ3v) is 6.74. The van der Waals surface area contributed by atoms with Gasteiger partial charge in [-0.2, -0.15) is 0 Å². The molecular weight excluding hydrogens is 592 g/mol. The minimum atomic E-state index is -0.434. The third kappa shape index (κ3) is 9.95. The summed E-state index contributed by atoms with van der Waals surface area (Å²) in [4.78, 5) is 49.0. The average molecular weight is 627 g/mol. The SMILES string of the molecule is O=C(CCCCC(=O)OCCOc1ccc(C(=O)c2ccccc2)c(O)c1)OCCOc1ccc(C(=O)c2ccccc2)c(O)c1. The van der Waals surface area contributed by atoms with Crippen LogP contribution in [0.3, 0.4) is 0 Å². The van der Waals surface area contributed by atoms with Gasteiger partial charge in [0.15, 0.2) is 11.6 Å². The van der Waals surface area contributed by atoms with E-state index in [1.807, 2.05) is 0 Å². The number of esters is 2. The largest absolute Gasteiger partial charge is 0.507 e. The summed E-state index contributed by atoms with van der Waals surface area (Å²) in [6.45, 7) is 0.106. The highest BCUT2D eigenvalue weighted by atomic mass is 16.6. The second-order valence-electron chi connectivity index (χ2n) is 10.1. The van der Waals surface area contributed by atoms with Crippen molar-refractivity contribution in [1.82, 2.24) is 0 Å². The van der Waals surface area contributed by atoms with Gasteiger partial charge >= 0.3 is 11.9 Å². The summed E-state index contributed by atoms with van der Waals surface area (Å²) < 4.78 is 21.3. The molecule has 0 aromatic heterocycles. The zero-order valence-electron chi connectivity index (χ0n) is 25.1. The fraction of sp³-hybridized carbons (Fsp3) is 0.222. The molecule has 0 saturated carbocycles. The topological polar surface area (TPSA) is 146 Å². The van der Waals surface area contributed by atoms with E-state index >= 15 is 0 Å². The van der Waals surface area contributed by atoms with E-state index < -0.39 is 11.9 Å². The van der Waals surface area contributed by atoms with Crippen molar-refractivity contribution in [1.29, 1.82) is 0 Å². The van der Waals surface area contributed by atoms with Gasteiger partial charge in [0.2, 0.25) is 0 Å². The Morgan fingerprint density at radius 1 is 0.500 bits per heavy atom. The predicted octanol–water partition coefficient (Wildman–Crippen LogP) is 5.66. The molecule has 0 heterocycles. The number of ketones is 2. The number of aromatic hydroxyl groups is 2. The van der Waals surface area contributed by atoms with Crippen molar-refractivity contribution in [3.8, 4) is 23.0 Å². The highest BCUT2D eigenvalue weighted by Crippen LogP contribution is 2.27. The summed E-state index contributed by atoms with van der Waals surface area (Å²) in [5.41, 5.74) is 1.23. The Morgan fingerprint density at radius 3 is 1.26 bits per heavy atom. The molecule has 0 aliphatic rings. The summed E-state index contributed by atoms with van der Waals surface area (Å²) in [6.07, 6.45) is 1.12. The molecule has 46 heavy (non-hydrogen) atoms. The normalized spacial score (nSPS) is 10.5. The molecule has 4 rings (SSSR count). The zero-order chi connectivity index (χ0) is 32.7. The summed E-state index contributed by atoms with van der Waals surface area (Å²) in [7, 11) is 0. The Kier molecular flexibility index (Phi) is 12.3. The highest BCUT2D eigenvalue weighted by Gasteiger charge is 2.15. The van der Waals surface area contributed by atoms with Crippen LogP contribution in [-0.2, 0) is 19.1 Å². The molecular formula is C36H34O10. The predicted molar refractivity (Wildman–Crippen MR) is 167 cm³/mol. The van der Waals surface area contributed by atoms with Gasteiger partial charge in [0, 0.05) is 36.1 Å². The van der Waals surface area contributed by atoms with Crippen molar-refractivity contribution in [2.75, 3.05) is 26.4 Å². The van der Waals surface area contributed by atoms with E-state index in [4.69, 9.17) is 18.9 Å². The Balaban J connectivity index is 1.04. The van der Waals surface area contributed by atoms with E-state index in [9.17, 15) is 29.4 Å². The van der Waals surface area contributed by atoms with Crippen LogP contribution in [0.5, 0.6) is 23.0 Å². The smallest absolute Gasteiger partial charge is 0.305 e. The molecule has 2 N–H and O–H groups in total. The first-order valence-electron chi connectivity index (χ1n) is 14.7. The molecule has 0 aliphatic heterocycles. The van der Waals surface area contributed by atoms with Gasteiger partial charge in [-0.25, -0.2) is 0 Å². The van der Waals surface area contributed by atoms with Gasteiger partial charge in [-0.15, -0.1) is 0 Å². The molecule has 0 bridgehead atoms. The number of phenols is 2. The van der Waals surface area contributed by atoms with E-state index in [1.54, 1.807) is 72.8 Å². The van der Waals surface area contributed by atoms with Crippen LogP contribution in [0.1, 0.15) is 57.5 Å². The molecule has 0 atom stereocenters. The Hall–Kier alpha value is -5.64. The van der Waals surface area contributed by atoms with Crippen LogP contribution in [0, 0.1) is 0 Å². The van der Waals surface area contributed by atoms with E-state index in [2.05, 4.69) is 0 Å². The quantitative estimate of drug-likeness (QED) is 0.0855. The van der Waals surface area contributed by atoms with Crippen LogP contribution in [0.25, 0.3) is 0 Å². The molecule has 0 spiro atoms. The molecule has 238 valence electrons. The fourth-order valence-electron chi connectivity index (χ4n) is 4.39. The Bertz CT molecular complexity index is 1510. The van der Waals surface area contributed by atoms with E-state index in [1.165, 1.54) is 24.3 Å². The maximum atomic E-state index is 12.5. The number of rotatable bonds is 17. The lowest BCUT2D eigenvalue weighted by Gasteiger charge is -2.10. The molecule has 4 aromatic carbocycles. The van der Waals surface area contributed by atoms with Crippen molar-refractivity contribution >= 4 is 23.5 Å². The van der Waals surface area contributed by atoms with Crippen molar-refractivity contribution in [2.24, 2.45) is 0 Å². The summed E-state index contributed by atoms with van der Waals surface area (Å²) in [5.74, 6) is -1.24. The molecule has 0 unspecified atom stereocenters. The van der Waals surface area contributed by atoms with Gasteiger partial charge in [0.05, 0.1) is 11.1 Å². The Morgan fingerprint density at radius 2 is 0.891 bits per heavy atom. The first kappa shape index (κ1) is 33.3. The minimum Gasteiger partial charge on any atom is -0.507 e. The third-order valence-electron chi connectivity index (χ3n) is 6.74. The lowest BCUT2D eigenvalue weighted by atomic mass is 10.0. The van der Waals surface area contributed by atoms with Crippen molar-refractivity contribution in [3.05, 3.63) is 119 Å². The number of benzene rings is 4. The molecule has 10 heteroatoms. The van der Waals surface area contributed by atoms with Gasteiger partial charge in [0.25, 0.3) is 0 Å². The van der Waals surface area contributed by atoms with Crippen LogP contribution < -0.4 is 9.47 Å². The summed E-state index contributed by atoms with van der Waals surface area (Å²) >= 11 is 0. The fourth-order valence-corrected chi connectivity index (χ4v) is 4.39. The summed E-state index contributed by atoms with van der Waals surface area (Å²) in [5, 5.41) is 20.5. The van der Waals surface area contributed by atoms with Crippen molar-refractivity contribution in [3.63, 3.8) is 0 Å². The van der Waals surface area contributed by atoms with Gasteiger partial charge in [-0.1, -0.05) is 60.7 Å². The Labute approximate surface area is 266 Å². The first-order chi connectivity index (χ1) is 22.3. The van der Waals surface area contributed by atoms with Crippen LogP contribution in [0.15, 0.2) is 97.1 Å². The molecule has 0 aliphatic carbocycles. The maximum absolute atomic E-state index is 12.5. The zero-order valence-corrected chi connectivity index (χ0v) is 25.1. The highest BCUT2D eigenvalue weighted by molar-refractivity contribution is 6.11. The van der Waals surface area contributed by atoms with E-state index in [0.29, 0.717) is 35.5 Å². The van der Waals surface area contributed by atoms with E-state index in [0.717, 1.165) is 0 Å². The van der Waals surface area contributed by atoms with Gasteiger partial charge in [-0.05, 0) is 37.1 Å². The molecule has 0 radical (unpaired) electrons. The second-order valence-corrected chi connectivity index (χ2v) is 10.1. The lowest BCUT2D eigenvalue weighted by molar-refractivity contribution is -0.146. The van der Waals surface area contributed by atoms with Crippen LogP contribution in [-0.4, -0.2) is 60.1 Å². The van der Waals surface area contributed by atoms with Crippen molar-refractivity contribution < 1.29 is 48.3 Å². The van der Waals surface area contributed by atoms with Crippen molar-refractivity contribution in [2.45, 2.75) is 25.7 Å². The number of hydrogen-bond donors (Lipinski definition) is 2. The van der Waals surface area contributed by atoms with Crippen LogP contribution in [0.2, 0.25) is 0 Å². The molecule has 0 amide bonds. The van der Waals surface area contributed by atoms with Gasteiger partial charge in [-0.3, -0.25) is 19.2 Å². The van der Waals surface area contributed by atoms with Crippen LogP contribution >= 0.6 is 0 Å². The van der Waals surface area contributed by atoms with Crippen LogP contribution in [0.4, 0.5) is 0 Å². The molecule has 4 aromatic rings. The standard InChI is InChI=1S/C36H34O10/c37-31-23-27(15-17-29(31)35(41)25-9-3-1-4-10-25)43-19-21-45-33(39)13-7-8-14-34(40)46-22-20-44-28-16-18-30(32(38)24-28)36(42)26-11-5-2-6-12-26/h1-6,9-12,15-18,23-24,37-38H,7-8,13-14,19-22H2. The first-order valence-corrected chi connectivity index (χ1v) is 14.7. The molecule has 10 nitrogen and oxygen atoms in total. The number of carbonyl (C=O) groups excluding carboxylic acids is 4. The number of unbranched alkanes of at least 4 members (excludes halogenated alkanes) is 1. The number of carbonyl (C=O) groups is 4. The minimum absolute atomic E-state index is 0.00380. The number of hydrogen-bond acceptors (Lipinski definition) is 10. The van der Waals surface area contributed by atoms with Gasteiger partial charge < -0.3 is 29.2 Å². The van der Waals surface area contributed by atoms with Gasteiger partial charge in [0.1, 0.15) is 49.4 Å². The van der Waals surface area contributed by atoms with E-state index in [-0.39, 0.29) is 73.5 Å². The number of ether oxygens (including phenoxy) is 4. The molecule has 0 fully saturated rings. The lowest BCUT2D eigenvalue weighted by Crippen LogP contribution is -2.13. The second kappa shape index (κ2) is 17.0. The monoisotopic (exact) mass is 626 g/mol. The maximum Gasteiger partial charge on any atom is 0.305 e. The number of phenolic OH excluding ortho intramolecular Hbond substituents is 2. The summed E-state index contributed by atoms with van der Waals surface area (Å²) in [6, 6.07) is 26.0. The molecule has 0 saturated heterocycles.